The summed E-state index contributed by atoms with van der Waals surface area (Å²) in [5.41, 5.74) is 2.09. The molecule has 6 nitrogen and oxygen atoms in total. The summed E-state index contributed by atoms with van der Waals surface area (Å²) in [7, 11) is 1.80. The van der Waals surface area contributed by atoms with Gasteiger partial charge in [-0.2, -0.15) is 13.9 Å². The van der Waals surface area contributed by atoms with Gasteiger partial charge in [0.25, 0.3) is 0 Å². The maximum absolute atomic E-state index is 12.3. The average molecular weight is 345 g/mol. The molecule has 0 fully saturated rings. The predicted octanol–water partition coefficient (Wildman–Crippen LogP) is 3.31. The van der Waals surface area contributed by atoms with E-state index >= 15 is 0 Å². The van der Waals surface area contributed by atoms with Crippen LogP contribution < -0.4 is 15.4 Å². The minimum atomic E-state index is -3.00. The van der Waals surface area contributed by atoms with Crippen LogP contribution >= 0.6 is 11.6 Å². The Hall–Kier alpha value is -2.35. The van der Waals surface area contributed by atoms with Crippen molar-refractivity contribution in [3.8, 4) is 5.75 Å². The second-order valence-corrected chi connectivity index (χ2v) is 5.12. The molecule has 2 rings (SSSR count). The molecule has 1 aromatic heterocycles. The first-order chi connectivity index (χ1) is 10.9. The molecule has 2 N–H and O–H groups in total. The third kappa shape index (κ3) is 4.56. The molecule has 0 radical (unpaired) electrons. The smallest absolute Gasteiger partial charge is 0.387 e. The second-order valence-electron chi connectivity index (χ2n) is 4.71. The Bertz CT molecular complexity index is 706. The predicted molar refractivity (Wildman–Crippen MR) is 81.9 cm³/mol. The molecule has 0 saturated heterocycles. The van der Waals surface area contributed by atoms with Crippen LogP contribution in [0.15, 0.2) is 24.4 Å². The highest BCUT2D eigenvalue weighted by atomic mass is 35.5. The van der Waals surface area contributed by atoms with Crippen LogP contribution in [-0.4, -0.2) is 22.4 Å². The molecule has 0 saturated carbocycles. The first-order valence-corrected chi connectivity index (χ1v) is 7.01. The number of nitrogens with one attached hydrogen (secondary N) is 2. The van der Waals surface area contributed by atoms with Crippen molar-refractivity contribution in [3.63, 3.8) is 0 Å². The summed E-state index contributed by atoms with van der Waals surface area (Å²) in [6, 6.07) is 3.58. The molecule has 2 amide bonds. The van der Waals surface area contributed by atoms with Crippen molar-refractivity contribution in [2.24, 2.45) is 7.05 Å². The fourth-order valence-corrected chi connectivity index (χ4v) is 2.00. The Morgan fingerprint density at radius 3 is 2.83 bits per heavy atom. The molecule has 1 aromatic carbocycles. The van der Waals surface area contributed by atoms with Crippen molar-refractivity contribution in [2.75, 3.05) is 5.32 Å². The van der Waals surface area contributed by atoms with Gasteiger partial charge in [0, 0.05) is 36.6 Å². The van der Waals surface area contributed by atoms with E-state index in [1.165, 1.54) is 18.2 Å². The molecule has 2 aromatic rings. The second kappa shape index (κ2) is 7.28. The molecule has 0 aliphatic heterocycles. The number of anilines is 1. The van der Waals surface area contributed by atoms with E-state index in [1.54, 1.807) is 17.9 Å². The van der Waals surface area contributed by atoms with Crippen LogP contribution in [0.25, 0.3) is 0 Å². The van der Waals surface area contributed by atoms with Crippen LogP contribution in [-0.2, 0) is 13.6 Å². The van der Waals surface area contributed by atoms with Gasteiger partial charge in [-0.1, -0.05) is 11.6 Å². The van der Waals surface area contributed by atoms with Crippen LogP contribution in [0.3, 0.4) is 0 Å². The fourth-order valence-electron chi connectivity index (χ4n) is 1.84. The van der Waals surface area contributed by atoms with E-state index in [2.05, 4.69) is 20.5 Å². The van der Waals surface area contributed by atoms with Crippen LogP contribution in [0.1, 0.15) is 11.3 Å². The molecule has 1 heterocycles. The Morgan fingerprint density at radius 2 is 2.22 bits per heavy atom. The van der Waals surface area contributed by atoms with Gasteiger partial charge in [0.1, 0.15) is 5.75 Å². The summed E-state index contributed by atoms with van der Waals surface area (Å²) in [6.45, 7) is -0.820. The lowest BCUT2D eigenvalue weighted by molar-refractivity contribution is -0.0497. The molecular formula is C14H15ClF2N4O2. The molecule has 0 aliphatic rings. The van der Waals surface area contributed by atoms with Crippen LogP contribution in [0.2, 0.25) is 5.02 Å². The minimum Gasteiger partial charge on any atom is -0.433 e. The zero-order valence-electron chi connectivity index (χ0n) is 12.4. The number of nitrogens with zero attached hydrogens (tertiary/aromatic N) is 2. The van der Waals surface area contributed by atoms with E-state index < -0.39 is 12.6 Å². The zero-order chi connectivity index (χ0) is 17.0. The molecule has 0 atom stereocenters. The van der Waals surface area contributed by atoms with Gasteiger partial charge in [0.05, 0.1) is 11.2 Å². The van der Waals surface area contributed by atoms with E-state index in [0.717, 1.165) is 11.3 Å². The van der Waals surface area contributed by atoms with Crippen LogP contribution in [0, 0.1) is 6.92 Å². The van der Waals surface area contributed by atoms with Crippen molar-refractivity contribution in [3.05, 3.63) is 40.7 Å². The van der Waals surface area contributed by atoms with Crippen molar-refractivity contribution in [1.29, 1.82) is 0 Å². The summed E-state index contributed by atoms with van der Waals surface area (Å²) in [5.74, 6) is -0.206. The number of rotatable bonds is 5. The number of hydrogen-bond acceptors (Lipinski definition) is 3. The van der Waals surface area contributed by atoms with Gasteiger partial charge in [-0.3, -0.25) is 4.68 Å². The SMILES string of the molecule is Cc1c(CNC(=O)Nc2ccc(Cl)c(OC(F)F)c2)cnn1C. The molecule has 0 spiro atoms. The Morgan fingerprint density at radius 1 is 1.48 bits per heavy atom. The number of benzene rings is 1. The summed E-state index contributed by atoms with van der Waals surface area (Å²) in [5, 5.41) is 9.27. The number of hydrogen-bond donors (Lipinski definition) is 2. The van der Waals surface area contributed by atoms with Gasteiger partial charge in [-0.25, -0.2) is 4.79 Å². The summed E-state index contributed by atoms with van der Waals surface area (Å²) >= 11 is 5.74. The highest BCUT2D eigenvalue weighted by molar-refractivity contribution is 6.32. The number of carbonyl (C=O) groups excluding carboxylic acids is 1. The van der Waals surface area contributed by atoms with E-state index in [9.17, 15) is 13.6 Å². The molecule has 23 heavy (non-hydrogen) atoms. The number of urea groups is 1. The van der Waals surface area contributed by atoms with Gasteiger partial charge >= 0.3 is 12.6 Å². The molecule has 0 aliphatic carbocycles. The van der Waals surface area contributed by atoms with E-state index in [1.807, 2.05) is 6.92 Å². The van der Waals surface area contributed by atoms with Crippen molar-refractivity contribution >= 4 is 23.3 Å². The number of aromatic nitrogens is 2. The standard InChI is InChI=1S/C14H15ClF2N4O2/c1-8-9(7-19-21(8)2)6-18-14(22)20-10-3-4-11(15)12(5-10)23-13(16)17/h3-5,7,13H,6H2,1-2H3,(H2,18,20,22). The van der Waals surface area contributed by atoms with Crippen molar-refractivity contribution in [2.45, 2.75) is 20.1 Å². The summed E-state index contributed by atoms with van der Waals surface area (Å²) < 4.78 is 30.5. The normalized spacial score (nSPS) is 10.7. The number of halogens is 3. The summed E-state index contributed by atoms with van der Waals surface area (Å²) in [4.78, 5) is 11.9. The number of ether oxygens (including phenoxy) is 1. The lowest BCUT2D eigenvalue weighted by Crippen LogP contribution is -2.28. The lowest BCUT2D eigenvalue weighted by Gasteiger charge is -2.11. The third-order valence-electron chi connectivity index (χ3n) is 3.18. The lowest BCUT2D eigenvalue weighted by atomic mass is 10.2. The molecule has 0 bridgehead atoms. The molecule has 0 unspecified atom stereocenters. The highest BCUT2D eigenvalue weighted by Crippen LogP contribution is 2.29. The molecular weight excluding hydrogens is 330 g/mol. The van der Waals surface area contributed by atoms with Crippen molar-refractivity contribution < 1.29 is 18.3 Å². The Labute approximate surface area is 136 Å². The van der Waals surface area contributed by atoms with Gasteiger partial charge in [0.2, 0.25) is 0 Å². The first kappa shape index (κ1) is 17.0. The van der Waals surface area contributed by atoms with Gasteiger partial charge < -0.3 is 15.4 Å². The number of amides is 2. The monoisotopic (exact) mass is 344 g/mol. The van der Waals surface area contributed by atoms with Crippen molar-refractivity contribution in [1.82, 2.24) is 15.1 Å². The number of aryl methyl sites for hydroxylation is 1. The topological polar surface area (TPSA) is 68.2 Å². The fraction of sp³-hybridized carbons (Fsp3) is 0.286. The van der Waals surface area contributed by atoms with E-state index in [0.29, 0.717) is 6.54 Å². The van der Waals surface area contributed by atoms with Crippen LogP contribution in [0.5, 0.6) is 5.75 Å². The van der Waals surface area contributed by atoms with E-state index in [-0.39, 0.29) is 16.5 Å². The maximum atomic E-state index is 12.3. The van der Waals surface area contributed by atoms with Gasteiger partial charge in [-0.05, 0) is 19.1 Å². The van der Waals surface area contributed by atoms with Gasteiger partial charge in [0.15, 0.2) is 0 Å². The number of alkyl halides is 2. The minimum absolute atomic E-state index is 0.0299. The molecule has 124 valence electrons. The molecule has 9 heteroatoms. The van der Waals surface area contributed by atoms with Crippen LogP contribution in [0.4, 0.5) is 19.3 Å². The Kier molecular flexibility index (Phi) is 5.38. The first-order valence-electron chi connectivity index (χ1n) is 6.63. The average Bonchev–Trinajstić information content (AvgIpc) is 2.80. The number of carbonyl (C=O) groups is 1. The summed E-state index contributed by atoms with van der Waals surface area (Å²) in [6.07, 6.45) is 1.66. The third-order valence-corrected chi connectivity index (χ3v) is 3.49. The largest absolute Gasteiger partial charge is 0.433 e. The highest BCUT2D eigenvalue weighted by Gasteiger charge is 2.11. The Balaban J connectivity index is 1.96. The van der Waals surface area contributed by atoms with Gasteiger partial charge in [-0.15, -0.1) is 0 Å². The quantitative estimate of drug-likeness (QED) is 0.874. The zero-order valence-corrected chi connectivity index (χ0v) is 13.2. The maximum Gasteiger partial charge on any atom is 0.387 e. The van der Waals surface area contributed by atoms with E-state index in [4.69, 9.17) is 11.6 Å².